The van der Waals surface area contributed by atoms with Gasteiger partial charge < -0.3 is 10.6 Å². The van der Waals surface area contributed by atoms with Crippen LogP contribution in [0.1, 0.15) is 49.9 Å². The monoisotopic (exact) mass is 412 g/mol. The Kier molecular flexibility index (Phi) is 7.53. The van der Waals surface area contributed by atoms with E-state index >= 15 is 0 Å². The Morgan fingerprint density at radius 1 is 1.00 bits per heavy atom. The summed E-state index contributed by atoms with van der Waals surface area (Å²) < 4.78 is 0. The number of carbonyl (C=O) groups is 2. The van der Waals surface area contributed by atoms with E-state index < -0.39 is 0 Å². The van der Waals surface area contributed by atoms with E-state index in [4.69, 9.17) is 0 Å². The topological polar surface area (TPSA) is 58.2 Å². The highest BCUT2D eigenvalue weighted by Gasteiger charge is 2.19. The molecule has 0 aliphatic carbocycles. The van der Waals surface area contributed by atoms with Gasteiger partial charge >= 0.3 is 0 Å². The molecule has 0 fully saturated rings. The first-order valence-corrected chi connectivity index (χ1v) is 10.8. The molecule has 2 N–H and O–H groups in total. The lowest BCUT2D eigenvalue weighted by Gasteiger charge is -2.21. The van der Waals surface area contributed by atoms with Crippen molar-refractivity contribution < 1.29 is 9.59 Å². The molecular weight excluding hydrogens is 380 g/mol. The van der Waals surface area contributed by atoms with E-state index in [-0.39, 0.29) is 29.0 Å². The first-order valence-electron chi connectivity index (χ1n) is 9.90. The molecule has 2 aromatic rings. The third-order valence-corrected chi connectivity index (χ3v) is 6.16. The normalized spacial score (nSPS) is 12.4. The average Bonchev–Trinajstić information content (AvgIpc) is 2.63. The largest absolute Gasteiger partial charge is 0.346 e. The zero-order valence-electron chi connectivity index (χ0n) is 18.5. The van der Waals surface area contributed by atoms with Crippen LogP contribution in [0.25, 0.3) is 0 Å². The Balaban J connectivity index is 1.95. The van der Waals surface area contributed by atoms with E-state index in [9.17, 15) is 9.59 Å². The van der Waals surface area contributed by atoms with Crippen LogP contribution in [0.5, 0.6) is 0 Å². The van der Waals surface area contributed by atoms with Gasteiger partial charge in [-0.15, -0.1) is 11.8 Å². The second-order valence-electron chi connectivity index (χ2n) is 8.52. The predicted molar refractivity (Wildman–Crippen MR) is 123 cm³/mol. The van der Waals surface area contributed by atoms with Crippen molar-refractivity contribution in [3.05, 3.63) is 58.7 Å². The van der Waals surface area contributed by atoms with E-state index in [0.717, 1.165) is 27.3 Å². The molecule has 0 aliphatic heterocycles. The molecule has 29 heavy (non-hydrogen) atoms. The lowest BCUT2D eigenvalue weighted by Crippen LogP contribution is -2.37. The zero-order chi connectivity index (χ0) is 21.8. The number of amides is 2. The molecule has 0 unspecified atom stereocenters. The number of carbonyl (C=O) groups excluding carboxylic acids is 2. The van der Waals surface area contributed by atoms with Crippen molar-refractivity contribution >= 4 is 29.3 Å². The first-order chi connectivity index (χ1) is 13.5. The number of hydrogen-bond donors (Lipinski definition) is 2. The highest BCUT2D eigenvalue weighted by atomic mass is 32.2. The molecule has 0 bridgehead atoms. The smallest absolute Gasteiger partial charge is 0.243 e. The van der Waals surface area contributed by atoms with E-state index in [1.165, 1.54) is 17.3 Å². The molecule has 0 aliphatic rings. The Morgan fingerprint density at radius 3 is 2.21 bits per heavy atom. The van der Waals surface area contributed by atoms with Gasteiger partial charge in [0.05, 0.1) is 11.8 Å². The van der Waals surface area contributed by atoms with Gasteiger partial charge in [0.2, 0.25) is 11.8 Å². The second kappa shape index (κ2) is 9.49. The van der Waals surface area contributed by atoms with E-state index in [1.807, 2.05) is 39.0 Å². The summed E-state index contributed by atoms with van der Waals surface area (Å²) >= 11 is 1.53. The Hall–Kier alpha value is -2.27. The van der Waals surface area contributed by atoms with Crippen molar-refractivity contribution in [3.63, 3.8) is 0 Å². The molecule has 5 heteroatoms. The number of aryl methyl sites for hydroxylation is 3. The lowest BCUT2D eigenvalue weighted by molar-refractivity contribution is -0.123. The maximum Gasteiger partial charge on any atom is 0.243 e. The van der Waals surface area contributed by atoms with Gasteiger partial charge in [0.1, 0.15) is 0 Å². The van der Waals surface area contributed by atoms with Crippen LogP contribution in [0.2, 0.25) is 0 Å². The van der Waals surface area contributed by atoms with E-state index in [1.54, 1.807) is 0 Å². The number of nitrogens with one attached hydrogen (secondary N) is 2. The molecule has 0 aromatic heterocycles. The molecule has 0 heterocycles. The van der Waals surface area contributed by atoms with Crippen LogP contribution >= 0.6 is 11.8 Å². The van der Waals surface area contributed by atoms with Gasteiger partial charge in [0.15, 0.2) is 0 Å². The fourth-order valence-electron chi connectivity index (χ4n) is 2.94. The highest BCUT2D eigenvalue weighted by Crippen LogP contribution is 2.32. The summed E-state index contributed by atoms with van der Waals surface area (Å²) in [6, 6.07) is 12.3. The number of benzene rings is 2. The fourth-order valence-corrected chi connectivity index (χ4v) is 3.96. The minimum absolute atomic E-state index is 0.0431. The molecule has 1 atom stereocenters. The van der Waals surface area contributed by atoms with Crippen LogP contribution in [-0.2, 0) is 15.0 Å². The average molecular weight is 413 g/mol. The Morgan fingerprint density at radius 2 is 1.62 bits per heavy atom. The van der Waals surface area contributed by atoms with Gasteiger partial charge in [-0.1, -0.05) is 51.1 Å². The zero-order valence-corrected chi connectivity index (χ0v) is 19.3. The van der Waals surface area contributed by atoms with Gasteiger partial charge in [0, 0.05) is 10.6 Å². The molecule has 2 amide bonds. The number of thioether (sulfide) groups is 1. The maximum atomic E-state index is 12.5. The summed E-state index contributed by atoms with van der Waals surface area (Å²) in [5, 5.41) is 5.35. The molecule has 2 rings (SSSR count). The Bertz CT molecular complexity index is 880. The second-order valence-corrected chi connectivity index (χ2v) is 9.91. The van der Waals surface area contributed by atoms with Gasteiger partial charge in [-0.05, 0) is 61.4 Å². The van der Waals surface area contributed by atoms with E-state index in [2.05, 4.69) is 56.5 Å². The van der Waals surface area contributed by atoms with Crippen LogP contribution in [0.3, 0.4) is 0 Å². The molecule has 0 saturated heterocycles. The summed E-state index contributed by atoms with van der Waals surface area (Å²) in [6.45, 7) is 14.3. The van der Waals surface area contributed by atoms with Crippen molar-refractivity contribution in [1.29, 1.82) is 0 Å². The maximum absolute atomic E-state index is 12.5. The van der Waals surface area contributed by atoms with E-state index in [0.29, 0.717) is 0 Å². The van der Waals surface area contributed by atoms with Gasteiger partial charge in [-0.25, -0.2) is 0 Å². The van der Waals surface area contributed by atoms with Crippen molar-refractivity contribution in [1.82, 2.24) is 5.32 Å². The minimum atomic E-state index is -0.295. The summed E-state index contributed by atoms with van der Waals surface area (Å²) in [5.41, 5.74) is 5.26. The third kappa shape index (κ3) is 6.36. The molecule has 0 saturated carbocycles. The summed E-state index contributed by atoms with van der Waals surface area (Å²) in [4.78, 5) is 25.9. The van der Waals surface area contributed by atoms with Crippen molar-refractivity contribution in [2.45, 2.75) is 64.0 Å². The minimum Gasteiger partial charge on any atom is -0.346 e. The molecule has 156 valence electrons. The summed E-state index contributed by atoms with van der Waals surface area (Å²) in [5.74, 6) is -0.369. The molecular formula is C24H32N2O2S. The SMILES string of the molecule is Cc1ccc(C(C)(C)C)cc1S[C@@H](C)C(=O)NCC(=O)Nc1c(C)cccc1C. The van der Waals surface area contributed by atoms with Crippen molar-refractivity contribution in [2.75, 3.05) is 11.9 Å². The standard InChI is InChI=1S/C24H32N2O2S/c1-15-11-12-19(24(5,6)7)13-20(15)29-18(4)23(28)25-14-21(27)26-22-16(2)9-8-10-17(22)3/h8-13,18H,14H2,1-7H3,(H,25,28)(H,26,27)/t18-/m0/s1. The van der Waals surface area contributed by atoms with Crippen LogP contribution in [0, 0.1) is 20.8 Å². The van der Waals surface area contributed by atoms with Crippen LogP contribution in [-0.4, -0.2) is 23.6 Å². The van der Waals surface area contributed by atoms with Crippen molar-refractivity contribution in [2.24, 2.45) is 0 Å². The van der Waals surface area contributed by atoms with Gasteiger partial charge in [-0.3, -0.25) is 9.59 Å². The Labute approximate surface area is 178 Å². The molecule has 0 radical (unpaired) electrons. The van der Waals surface area contributed by atoms with Gasteiger partial charge in [0.25, 0.3) is 0 Å². The van der Waals surface area contributed by atoms with Gasteiger partial charge in [-0.2, -0.15) is 0 Å². The number of rotatable bonds is 6. The van der Waals surface area contributed by atoms with Crippen molar-refractivity contribution in [3.8, 4) is 0 Å². The molecule has 4 nitrogen and oxygen atoms in total. The lowest BCUT2D eigenvalue weighted by atomic mass is 9.87. The van der Waals surface area contributed by atoms with Crippen LogP contribution in [0.15, 0.2) is 41.3 Å². The summed E-state index contributed by atoms with van der Waals surface area (Å²) in [7, 11) is 0. The van der Waals surface area contributed by atoms with Crippen LogP contribution < -0.4 is 10.6 Å². The number of anilines is 1. The highest BCUT2D eigenvalue weighted by molar-refractivity contribution is 8.00. The van der Waals surface area contributed by atoms with Crippen LogP contribution in [0.4, 0.5) is 5.69 Å². The number of para-hydroxylation sites is 1. The molecule has 2 aromatic carbocycles. The fraction of sp³-hybridized carbons (Fsp3) is 0.417. The quantitative estimate of drug-likeness (QED) is 0.646. The number of hydrogen-bond acceptors (Lipinski definition) is 3. The first kappa shape index (κ1) is 23.0. The molecule has 0 spiro atoms. The third-order valence-electron chi connectivity index (χ3n) is 4.90. The summed E-state index contributed by atoms with van der Waals surface area (Å²) in [6.07, 6.45) is 0. The predicted octanol–water partition coefficient (Wildman–Crippen LogP) is 5.14.